The van der Waals surface area contributed by atoms with Crippen molar-refractivity contribution in [1.29, 1.82) is 5.26 Å². The normalized spacial score (nSPS) is 19.8. The van der Waals surface area contributed by atoms with Crippen LogP contribution in [0.4, 0.5) is 5.69 Å². The minimum atomic E-state index is -0.227. The second kappa shape index (κ2) is 6.19. The molecule has 0 spiro atoms. The fourth-order valence-electron chi connectivity index (χ4n) is 4.17. The summed E-state index contributed by atoms with van der Waals surface area (Å²) < 4.78 is 2.29. The Hall–Kier alpha value is -2.77. The van der Waals surface area contributed by atoms with Crippen molar-refractivity contribution in [3.63, 3.8) is 0 Å². The van der Waals surface area contributed by atoms with E-state index in [4.69, 9.17) is 5.73 Å². The van der Waals surface area contributed by atoms with Gasteiger partial charge in [-0.25, -0.2) is 0 Å². The van der Waals surface area contributed by atoms with Gasteiger partial charge >= 0.3 is 0 Å². The average Bonchev–Trinajstić information content (AvgIpc) is 3.20. The van der Waals surface area contributed by atoms with Gasteiger partial charge in [-0.3, -0.25) is 0 Å². The number of aliphatic hydroxyl groups excluding tert-OH is 1. The Balaban J connectivity index is 2.01. The molecule has 1 heterocycles. The molecular formula is C22H23N3O. The number of rotatable bonds is 2. The average molecular weight is 345 g/mol. The van der Waals surface area contributed by atoms with Crippen molar-refractivity contribution >= 4 is 16.6 Å². The molecule has 132 valence electrons. The molecule has 4 heteroatoms. The Kier molecular flexibility index (Phi) is 3.97. The van der Waals surface area contributed by atoms with Crippen LogP contribution in [0.25, 0.3) is 22.0 Å². The third-order valence-electron chi connectivity index (χ3n) is 5.74. The van der Waals surface area contributed by atoms with Crippen LogP contribution in [0, 0.1) is 25.2 Å². The molecule has 4 rings (SSSR count). The van der Waals surface area contributed by atoms with Crippen LogP contribution in [-0.2, 0) is 0 Å². The molecule has 2 aromatic carbocycles. The van der Waals surface area contributed by atoms with Gasteiger partial charge in [0.2, 0.25) is 0 Å². The van der Waals surface area contributed by atoms with E-state index < -0.39 is 0 Å². The summed E-state index contributed by atoms with van der Waals surface area (Å²) in [5, 5.41) is 20.6. The van der Waals surface area contributed by atoms with E-state index in [1.165, 1.54) is 0 Å². The highest BCUT2D eigenvalue weighted by molar-refractivity contribution is 5.98. The second-order valence-electron chi connectivity index (χ2n) is 7.39. The first kappa shape index (κ1) is 16.7. The Morgan fingerprint density at radius 2 is 2.00 bits per heavy atom. The molecule has 0 bridgehead atoms. The van der Waals surface area contributed by atoms with E-state index in [2.05, 4.69) is 29.0 Å². The number of benzene rings is 2. The molecule has 0 amide bonds. The van der Waals surface area contributed by atoms with E-state index >= 15 is 0 Å². The Labute approximate surface area is 153 Å². The number of fused-ring (bicyclic) bond motifs is 1. The molecular weight excluding hydrogens is 322 g/mol. The molecule has 0 saturated heterocycles. The van der Waals surface area contributed by atoms with Crippen molar-refractivity contribution in [3.05, 3.63) is 53.2 Å². The Morgan fingerprint density at radius 3 is 2.69 bits per heavy atom. The summed E-state index contributed by atoms with van der Waals surface area (Å²) in [5.41, 5.74) is 13.0. The molecule has 1 aliphatic rings. The summed E-state index contributed by atoms with van der Waals surface area (Å²) in [6, 6.07) is 12.7. The molecule has 3 aromatic rings. The number of nitrogens with two attached hydrogens (primary N) is 1. The van der Waals surface area contributed by atoms with E-state index in [1.54, 1.807) is 0 Å². The number of nitriles is 1. The quantitative estimate of drug-likeness (QED) is 0.673. The zero-order valence-electron chi connectivity index (χ0n) is 15.2. The van der Waals surface area contributed by atoms with Gasteiger partial charge in [0.1, 0.15) is 0 Å². The highest BCUT2D eigenvalue weighted by atomic mass is 16.3. The van der Waals surface area contributed by atoms with E-state index in [1.807, 2.05) is 32.0 Å². The lowest BCUT2D eigenvalue weighted by molar-refractivity contribution is 0.178. The van der Waals surface area contributed by atoms with Crippen LogP contribution < -0.4 is 5.73 Å². The van der Waals surface area contributed by atoms with Crippen molar-refractivity contribution in [2.24, 2.45) is 0 Å². The maximum atomic E-state index is 10.0. The molecule has 4 nitrogen and oxygen atoms in total. The Bertz CT molecular complexity index is 1040. The third-order valence-corrected chi connectivity index (χ3v) is 5.74. The lowest BCUT2D eigenvalue weighted by Crippen LogP contribution is -2.06. The van der Waals surface area contributed by atoms with E-state index in [0.29, 0.717) is 5.56 Å². The Morgan fingerprint density at radius 1 is 1.19 bits per heavy atom. The van der Waals surface area contributed by atoms with Crippen molar-refractivity contribution in [2.45, 2.75) is 45.3 Å². The van der Waals surface area contributed by atoms with Crippen LogP contribution in [0.1, 0.15) is 42.0 Å². The third kappa shape index (κ3) is 2.56. The summed E-state index contributed by atoms with van der Waals surface area (Å²) in [4.78, 5) is 0. The number of aliphatic hydroxyl groups is 1. The van der Waals surface area contributed by atoms with Crippen LogP contribution in [0.15, 0.2) is 36.5 Å². The summed E-state index contributed by atoms with van der Waals surface area (Å²) in [5.74, 6) is 0. The number of nitrogen functional groups attached to an aromatic ring is 1. The van der Waals surface area contributed by atoms with Crippen molar-refractivity contribution in [2.75, 3.05) is 5.73 Å². The minimum Gasteiger partial charge on any atom is -0.398 e. The lowest BCUT2D eigenvalue weighted by Gasteiger charge is -2.14. The summed E-state index contributed by atoms with van der Waals surface area (Å²) in [7, 11) is 0. The monoisotopic (exact) mass is 345 g/mol. The SMILES string of the molecule is Cc1cc2c(cc1C#N)c(-c1cccc(N)c1C)cn2C1CCC(O)C1. The van der Waals surface area contributed by atoms with Gasteiger partial charge in [-0.2, -0.15) is 5.26 Å². The van der Waals surface area contributed by atoms with Crippen molar-refractivity contribution < 1.29 is 5.11 Å². The summed E-state index contributed by atoms with van der Waals surface area (Å²) in [6.45, 7) is 4.01. The van der Waals surface area contributed by atoms with Gasteiger partial charge < -0.3 is 15.4 Å². The van der Waals surface area contributed by atoms with Gasteiger partial charge in [0.25, 0.3) is 0 Å². The maximum Gasteiger partial charge on any atom is 0.0994 e. The minimum absolute atomic E-state index is 0.227. The summed E-state index contributed by atoms with van der Waals surface area (Å²) in [6.07, 6.45) is 4.54. The van der Waals surface area contributed by atoms with Crippen molar-refractivity contribution in [1.82, 2.24) is 4.57 Å². The van der Waals surface area contributed by atoms with Gasteiger partial charge in [0, 0.05) is 34.4 Å². The molecule has 0 radical (unpaired) electrons. The number of hydrogen-bond donors (Lipinski definition) is 2. The number of anilines is 1. The predicted molar refractivity (Wildman–Crippen MR) is 105 cm³/mol. The highest BCUT2D eigenvalue weighted by Gasteiger charge is 2.26. The first-order valence-corrected chi connectivity index (χ1v) is 9.08. The smallest absolute Gasteiger partial charge is 0.0994 e. The van der Waals surface area contributed by atoms with Crippen LogP contribution in [0.2, 0.25) is 0 Å². The fraction of sp³-hybridized carbons (Fsp3) is 0.318. The number of nitrogens with zero attached hydrogens (tertiary/aromatic N) is 2. The van der Waals surface area contributed by atoms with Gasteiger partial charge in [-0.15, -0.1) is 0 Å². The number of hydrogen-bond acceptors (Lipinski definition) is 3. The molecule has 2 unspecified atom stereocenters. The number of aryl methyl sites for hydroxylation is 1. The second-order valence-corrected chi connectivity index (χ2v) is 7.39. The topological polar surface area (TPSA) is 75.0 Å². The van der Waals surface area contributed by atoms with E-state index in [9.17, 15) is 10.4 Å². The molecule has 26 heavy (non-hydrogen) atoms. The van der Waals surface area contributed by atoms with Crippen molar-refractivity contribution in [3.8, 4) is 17.2 Å². The van der Waals surface area contributed by atoms with Crippen LogP contribution in [0.5, 0.6) is 0 Å². The number of aromatic nitrogens is 1. The molecule has 1 fully saturated rings. The standard InChI is InChI=1S/C22H23N3O/c1-13-8-22-19(9-15(13)11-23)20(18-4-3-5-21(24)14(18)2)12-25(22)16-6-7-17(26)10-16/h3-5,8-9,12,16-17,26H,6-7,10,24H2,1-2H3. The van der Waals surface area contributed by atoms with E-state index in [0.717, 1.165) is 58.1 Å². The molecule has 3 N–H and O–H groups in total. The van der Waals surface area contributed by atoms with Gasteiger partial charge in [0.05, 0.1) is 17.7 Å². The zero-order valence-corrected chi connectivity index (χ0v) is 15.2. The van der Waals surface area contributed by atoms with Gasteiger partial charge in [0.15, 0.2) is 0 Å². The zero-order chi connectivity index (χ0) is 18.4. The summed E-state index contributed by atoms with van der Waals surface area (Å²) >= 11 is 0. The molecule has 2 atom stereocenters. The molecule has 1 aliphatic carbocycles. The van der Waals surface area contributed by atoms with Crippen LogP contribution in [-0.4, -0.2) is 15.8 Å². The fourth-order valence-corrected chi connectivity index (χ4v) is 4.17. The highest BCUT2D eigenvalue weighted by Crippen LogP contribution is 2.40. The largest absolute Gasteiger partial charge is 0.398 e. The van der Waals surface area contributed by atoms with Crippen LogP contribution >= 0.6 is 0 Å². The molecule has 1 aromatic heterocycles. The maximum absolute atomic E-state index is 10.0. The first-order valence-electron chi connectivity index (χ1n) is 9.08. The lowest BCUT2D eigenvalue weighted by atomic mass is 9.97. The van der Waals surface area contributed by atoms with E-state index in [-0.39, 0.29) is 12.1 Å². The van der Waals surface area contributed by atoms with Gasteiger partial charge in [-0.05, 0) is 68.0 Å². The predicted octanol–water partition coefficient (Wildman–Crippen LogP) is 4.46. The molecule has 1 saturated carbocycles. The van der Waals surface area contributed by atoms with Gasteiger partial charge in [-0.1, -0.05) is 12.1 Å². The van der Waals surface area contributed by atoms with Crippen LogP contribution in [0.3, 0.4) is 0 Å². The first-order chi connectivity index (χ1) is 12.5. The molecule has 0 aliphatic heterocycles.